The minimum absolute atomic E-state index is 0.0110. The minimum Gasteiger partial charge on any atom is -0.530 e. The lowest BCUT2D eigenvalue weighted by Crippen LogP contribution is -2.44. The van der Waals surface area contributed by atoms with Crippen LogP contribution in [0.5, 0.6) is 0 Å². The Morgan fingerprint density at radius 1 is 0.704 bits per heavy atom. The van der Waals surface area contributed by atoms with Crippen LogP contribution in [0.3, 0.4) is 0 Å². The summed E-state index contributed by atoms with van der Waals surface area (Å²) >= 11 is 0. The van der Waals surface area contributed by atoms with E-state index in [9.17, 15) is 9.90 Å². The summed E-state index contributed by atoms with van der Waals surface area (Å²) < 4.78 is 0. The molecule has 0 saturated carbocycles. The van der Waals surface area contributed by atoms with Crippen LogP contribution in [0.2, 0.25) is 0 Å². The number of hydrogen-bond acceptors (Lipinski definition) is 12. The Hall–Kier alpha value is -1.67. The van der Waals surface area contributed by atoms with Crippen LogP contribution in [-0.4, -0.2) is 127 Å². The average molecular weight is 402 g/mol. The monoisotopic (exact) mass is 402 g/mol. The van der Waals surface area contributed by atoms with E-state index < -0.39 is 6.09 Å². The number of aliphatic hydroxyl groups is 6. The van der Waals surface area contributed by atoms with Crippen molar-refractivity contribution in [2.45, 2.75) is 0 Å². The van der Waals surface area contributed by atoms with Crippen molar-refractivity contribution < 1.29 is 50.1 Å². The molecule has 0 aromatic carbocycles. The number of carbonyl (C=O) groups excluding carboxylic acids is 3. The van der Waals surface area contributed by atoms with Crippen LogP contribution in [0.1, 0.15) is 0 Å². The Kier molecular flexibility index (Phi) is 43.3. The van der Waals surface area contributed by atoms with Crippen LogP contribution in [0.4, 0.5) is 4.79 Å². The first-order chi connectivity index (χ1) is 13.0. The van der Waals surface area contributed by atoms with Crippen LogP contribution in [0, 0.1) is 0 Å². The highest BCUT2D eigenvalue weighted by Gasteiger charge is 2.00. The van der Waals surface area contributed by atoms with Gasteiger partial charge in [-0.25, -0.2) is 0 Å². The van der Waals surface area contributed by atoms with Crippen molar-refractivity contribution in [1.82, 2.24) is 15.5 Å². The molecule has 0 fully saturated rings. The van der Waals surface area contributed by atoms with Crippen molar-refractivity contribution in [2.24, 2.45) is 0 Å². The van der Waals surface area contributed by atoms with Gasteiger partial charge >= 0.3 is 6.15 Å². The zero-order chi connectivity index (χ0) is 21.8. The highest BCUT2D eigenvalue weighted by atomic mass is 16.4. The molecule has 164 valence electrons. The molecule has 13 heteroatoms. The second-order valence-electron chi connectivity index (χ2n) is 4.18. The van der Waals surface area contributed by atoms with Crippen LogP contribution >= 0.6 is 0 Å². The molecule has 0 atom stereocenters. The van der Waals surface area contributed by atoms with Crippen molar-refractivity contribution in [2.75, 3.05) is 78.9 Å². The molecule has 8 N–H and O–H groups in total. The fraction of sp³-hybridized carbons (Fsp3) is 0.857. The third kappa shape index (κ3) is 45.5. The second-order valence-corrected chi connectivity index (χ2v) is 4.18. The molecule has 0 spiro atoms. The Labute approximate surface area is 157 Å². The zero-order valence-corrected chi connectivity index (χ0v) is 15.2. The standard InChI is InChI=1S/C5H11NO4.2C4H11NO2.CO2/c7-3-1-6(2-4-8)5(9)10;2*6-3-1-5-2-4-7;2-1-3/h7-8H,1-4H2,(H,9,10);2*5-7H,1-4H2;/p-1. The number of carboxylic acid groups (broad SMARTS) is 1. The van der Waals surface area contributed by atoms with Gasteiger partial charge in [-0.1, -0.05) is 0 Å². The molecule has 27 heavy (non-hydrogen) atoms. The van der Waals surface area contributed by atoms with Crippen LogP contribution in [0.15, 0.2) is 0 Å². The average Bonchev–Trinajstić information content (AvgIpc) is 2.64. The van der Waals surface area contributed by atoms with E-state index in [4.69, 9.17) is 40.2 Å². The van der Waals surface area contributed by atoms with Crippen molar-refractivity contribution in [3.63, 3.8) is 0 Å². The summed E-state index contributed by atoms with van der Waals surface area (Å²) in [4.78, 5) is 27.2. The summed E-state index contributed by atoms with van der Waals surface area (Å²) in [5.41, 5.74) is 0. The van der Waals surface area contributed by atoms with Gasteiger partial charge in [0.25, 0.3) is 0 Å². The minimum atomic E-state index is -1.37. The first-order valence-corrected chi connectivity index (χ1v) is 7.98. The van der Waals surface area contributed by atoms with Crippen molar-refractivity contribution in [1.29, 1.82) is 0 Å². The first kappa shape index (κ1) is 33.0. The zero-order valence-electron chi connectivity index (χ0n) is 15.2. The number of hydrogen-bond donors (Lipinski definition) is 8. The third-order valence-corrected chi connectivity index (χ3v) is 2.15. The molecule has 0 aliphatic rings. The van der Waals surface area contributed by atoms with Gasteiger partial charge < -0.3 is 56.1 Å². The SMILES string of the molecule is O=C([O-])N(CCO)CCO.O=C=O.OCCNCCO.OCCNCCO. The molecule has 0 heterocycles. The number of aliphatic hydroxyl groups excluding tert-OH is 6. The van der Waals surface area contributed by atoms with Crippen molar-refractivity contribution in [3.8, 4) is 0 Å². The van der Waals surface area contributed by atoms with Gasteiger partial charge in [-0.3, -0.25) is 0 Å². The van der Waals surface area contributed by atoms with Crippen molar-refractivity contribution >= 4 is 12.2 Å². The van der Waals surface area contributed by atoms with Gasteiger partial charge in [0.1, 0.15) is 6.09 Å². The summed E-state index contributed by atoms with van der Waals surface area (Å²) in [6.07, 6.45) is -1.12. The Morgan fingerprint density at radius 3 is 1.11 bits per heavy atom. The number of amides is 1. The Balaban J connectivity index is -0.000000139. The summed E-state index contributed by atoms with van der Waals surface area (Å²) in [6.45, 7) is 2.30. The number of nitrogens with one attached hydrogen (secondary N) is 2. The van der Waals surface area contributed by atoms with E-state index in [2.05, 4.69) is 10.6 Å². The molecule has 0 aliphatic carbocycles. The fourth-order valence-electron chi connectivity index (χ4n) is 1.10. The summed E-state index contributed by atoms with van der Waals surface area (Å²) in [5, 5.41) is 64.8. The van der Waals surface area contributed by atoms with Gasteiger partial charge in [0.2, 0.25) is 0 Å². The first-order valence-electron chi connectivity index (χ1n) is 7.98. The molecule has 1 amide bonds. The fourth-order valence-corrected chi connectivity index (χ4v) is 1.10. The van der Waals surface area contributed by atoms with E-state index >= 15 is 0 Å². The molecule has 0 aromatic rings. The van der Waals surface area contributed by atoms with Gasteiger partial charge in [-0.15, -0.1) is 0 Å². The van der Waals surface area contributed by atoms with Crippen molar-refractivity contribution in [3.05, 3.63) is 0 Å². The maximum atomic E-state index is 10.1. The molecule has 0 aromatic heterocycles. The topological polar surface area (TPSA) is 223 Å². The number of nitrogens with zero attached hydrogens (tertiary/aromatic N) is 1. The second kappa shape index (κ2) is 35.4. The molecule has 0 radical (unpaired) electrons. The molecular formula is C14H32N3O10-. The van der Waals surface area contributed by atoms with Gasteiger partial charge in [0.05, 0.1) is 39.6 Å². The van der Waals surface area contributed by atoms with Gasteiger partial charge in [0.15, 0.2) is 0 Å². The quantitative estimate of drug-likeness (QED) is 0.143. The normalized spacial score (nSPS) is 8.67. The molecule has 0 saturated heterocycles. The lowest BCUT2D eigenvalue weighted by molar-refractivity contribution is -0.266. The largest absolute Gasteiger partial charge is 0.530 e. The Bertz CT molecular complexity index is 281. The van der Waals surface area contributed by atoms with E-state index in [1.54, 1.807) is 0 Å². The highest BCUT2D eigenvalue weighted by molar-refractivity contribution is 5.62. The smallest absolute Gasteiger partial charge is 0.373 e. The van der Waals surface area contributed by atoms with Gasteiger partial charge in [-0.2, -0.15) is 9.59 Å². The maximum Gasteiger partial charge on any atom is 0.373 e. The van der Waals surface area contributed by atoms with Gasteiger partial charge in [-0.05, 0) is 0 Å². The summed E-state index contributed by atoms with van der Waals surface area (Å²) in [7, 11) is 0. The predicted molar refractivity (Wildman–Crippen MR) is 90.2 cm³/mol. The number of carbonyl (C=O) groups is 1. The molecule has 13 nitrogen and oxygen atoms in total. The van der Waals surface area contributed by atoms with Crippen LogP contribution in [0.25, 0.3) is 0 Å². The highest BCUT2D eigenvalue weighted by Crippen LogP contribution is 1.83. The van der Waals surface area contributed by atoms with E-state index in [0.717, 1.165) is 4.90 Å². The molecule has 0 unspecified atom stereocenters. The van der Waals surface area contributed by atoms with E-state index in [0.29, 0.717) is 26.2 Å². The predicted octanol–water partition coefficient (Wildman–Crippen LogP) is -5.85. The van der Waals surface area contributed by atoms with Crippen LogP contribution < -0.4 is 15.7 Å². The maximum absolute atomic E-state index is 10.1. The van der Waals surface area contributed by atoms with E-state index in [1.807, 2.05) is 0 Å². The molecule has 0 bridgehead atoms. The lowest BCUT2D eigenvalue weighted by atomic mass is 10.5. The van der Waals surface area contributed by atoms with E-state index in [-0.39, 0.29) is 58.9 Å². The van der Waals surface area contributed by atoms with Crippen LogP contribution in [-0.2, 0) is 9.59 Å². The van der Waals surface area contributed by atoms with E-state index in [1.165, 1.54) is 0 Å². The summed E-state index contributed by atoms with van der Waals surface area (Å²) in [5.74, 6) is 0. The molecular weight excluding hydrogens is 370 g/mol. The number of rotatable bonds is 12. The molecule has 0 rings (SSSR count). The molecule has 0 aliphatic heterocycles. The Morgan fingerprint density at radius 2 is 0.963 bits per heavy atom. The third-order valence-electron chi connectivity index (χ3n) is 2.15. The lowest BCUT2D eigenvalue weighted by Gasteiger charge is -2.22. The van der Waals surface area contributed by atoms with Gasteiger partial charge in [0, 0.05) is 39.3 Å². The summed E-state index contributed by atoms with van der Waals surface area (Å²) in [6, 6.07) is 0.